The fourth-order valence-electron chi connectivity index (χ4n) is 3.63. The van der Waals surface area contributed by atoms with E-state index in [1.54, 1.807) is 23.3 Å². The molecule has 138 valence electrons. The van der Waals surface area contributed by atoms with Gasteiger partial charge in [-0.1, -0.05) is 24.3 Å². The maximum Gasteiger partial charge on any atom is 0.253 e. The molecule has 0 bridgehead atoms. The van der Waals surface area contributed by atoms with Gasteiger partial charge in [0.05, 0.1) is 0 Å². The van der Waals surface area contributed by atoms with E-state index in [0.29, 0.717) is 24.6 Å². The maximum atomic E-state index is 13.8. The van der Waals surface area contributed by atoms with E-state index in [9.17, 15) is 9.18 Å². The first kappa shape index (κ1) is 17.4. The summed E-state index contributed by atoms with van der Waals surface area (Å²) in [6.45, 7) is 1.41. The highest BCUT2D eigenvalue weighted by molar-refractivity contribution is 5.94. The number of nitrogens with zero attached hydrogens (tertiary/aromatic N) is 4. The summed E-state index contributed by atoms with van der Waals surface area (Å²) >= 11 is 0. The van der Waals surface area contributed by atoms with E-state index >= 15 is 0 Å². The van der Waals surface area contributed by atoms with Crippen molar-refractivity contribution in [2.75, 3.05) is 13.1 Å². The molecule has 5 nitrogen and oxygen atoms in total. The van der Waals surface area contributed by atoms with Crippen LogP contribution in [0.15, 0.2) is 61.2 Å². The quantitative estimate of drug-likeness (QED) is 0.712. The summed E-state index contributed by atoms with van der Waals surface area (Å²) in [4.78, 5) is 14.8. The Labute approximate surface area is 157 Å². The van der Waals surface area contributed by atoms with E-state index in [1.165, 1.54) is 6.07 Å². The number of likely N-dealkylation sites (tertiary alicyclic amines) is 1. The van der Waals surface area contributed by atoms with E-state index in [0.717, 1.165) is 30.5 Å². The van der Waals surface area contributed by atoms with E-state index < -0.39 is 0 Å². The molecule has 1 fully saturated rings. The number of hydrogen-bond acceptors (Lipinski definition) is 3. The first-order chi connectivity index (χ1) is 13.2. The van der Waals surface area contributed by atoms with Gasteiger partial charge in [-0.2, -0.15) is 0 Å². The first-order valence-corrected chi connectivity index (χ1v) is 9.18. The molecule has 3 aromatic rings. The van der Waals surface area contributed by atoms with Crippen molar-refractivity contribution in [3.63, 3.8) is 0 Å². The maximum absolute atomic E-state index is 13.8. The molecule has 0 unspecified atom stereocenters. The Hall–Kier alpha value is -3.02. The molecule has 1 amide bonds. The lowest BCUT2D eigenvalue weighted by molar-refractivity contribution is 0.0690. The second kappa shape index (κ2) is 7.70. The van der Waals surface area contributed by atoms with Crippen LogP contribution in [0.25, 0.3) is 5.69 Å². The summed E-state index contributed by atoms with van der Waals surface area (Å²) in [5.41, 5.74) is 2.29. The summed E-state index contributed by atoms with van der Waals surface area (Å²) in [6.07, 6.45) is 5.74. The summed E-state index contributed by atoms with van der Waals surface area (Å²) < 4.78 is 15.6. The second-order valence-electron chi connectivity index (χ2n) is 6.95. The Morgan fingerprint density at radius 1 is 1.04 bits per heavy atom. The lowest BCUT2D eigenvalue weighted by Crippen LogP contribution is -2.39. The van der Waals surface area contributed by atoms with E-state index in [4.69, 9.17) is 0 Å². The minimum absolute atomic E-state index is 0.0364. The standard InChI is InChI=1S/C21H21FN4O/c22-20-7-2-1-4-17(20)12-16-8-10-25(11-9-16)21(27)18-5-3-6-19(13-18)26-14-23-24-15-26/h1-7,13-16H,8-12H2. The summed E-state index contributed by atoms with van der Waals surface area (Å²) in [5.74, 6) is 0.311. The average Bonchev–Trinajstić information content (AvgIpc) is 3.25. The lowest BCUT2D eigenvalue weighted by Gasteiger charge is -2.32. The van der Waals surface area contributed by atoms with Gasteiger partial charge in [0.25, 0.3) is 5.91 Å². The van der Waals surface area contributed by atoms with Gasteiger partial charge in [0.2, 0.25) is 0 Å². The largest absolute Gasteiger partial charge is 0.339 e. The monoisotopic (exact) mass is 364 g/mol. The first-order valence-electron chi connectivity index (χ1n) is 9.18. The van der Waals surface area contributed by atoms with E-state index in [-0.39, 0.29) is 11.7 Å². The van der Waals surface area contributed by atoms with Crippen LogP contribution in [0.5, 0.6) is 0 Å². The van der Waals surface area contributed by atoms with Crippen molar-refractivity contribution in [2.45, 2.75) is 19.3 Å². The molecule has 6 heteroatoms. The number of piperidine rings is 1. The van der Waals surface area contributed by atoms with Gasteiger partial charge in [0.1, 0.15) is 18.5 Å². The Kier molecular flexibility index (Phi) is 4.96. The van der Waals surface area contributed by atoms with Crippen LogP contribution >= 0.6 is 0 Å². The zero-order valence-electron chi connectivity index (χ0n) is 15.0. The summed E-state index contributed by atoms with van der Waals surface area (Å²) in [5, 5.41) is 7.61. The molecule has 2 heterocycles. The molecule has 1 aliphatic rings. The summed E-state index contributed by atoms with van der Waals surface area (Å²) in [7, 11) is 0. The second-order valence-corrected chi connectivity index (χ2v) is 6.95. The van der Waals surface area contributed by atoms with Crippen LogP contribution in [0.3, 0.4) is 0 Å². The zero-order valence-corrected chi connectivity index (χ0v) is 15.0. The van der Waals surface area contributed by atoms with Gasteiger partial charge in [0, 0.05) is 24.3 Å². The van der Waals surface area contributed by atoms with Gasteiger partial charge < -0.3 is 4.90 Å². The molecule has 27 heavy (non-hydrogen) atoms. The van der Waals surface area contributed by atoms with Gasteiger partial charge in [-0.15, -0.1) is 10.2 Å². The third-order valence-electron chi connectivity index (χ3n) is 5.18. The fourth-order valence-corrected chi connectivity index (χ4v) is 3.63. The molecule has 1 saturated heterocycles. The number of carbonyl (C=O) groups excluding carboxylic acids is 1. The molecule has 0 atom stereocenters. The normalized spacial score (nSPS) is 15.1. The third-order valence-corrected chi connectivity index (χ3v) is 5.18. The minimum Gasteiger partial charge on any atom is -0.339 e. The van der Waals surface area contributed by atoms with Gasteiger partial charge >= 0.3 is 0 Å². The minimum atomic E-state index is -0.137. The predicted molar refractivity (Wildman–Crippen MR) is 100 cm³/mol. The van der Waals surface area contributed by atoms with Crippen molar-refractivity contribution < 1.29 is 9.18 Å². The van der Waals surface area contributed by atoms with Crippen LogP contribution in [0, 0.1) is 11.7 Å². The Balaban J connectivity index is 1.39. The van der Waals surface area contributed by atoms with Crippen molar-refractivity contribution in [3.8, 4) is 5.69 Å². The number of rotatable bonds is 4. The molecule has 0 aliphatic carbocycles. The number of carbonyl (C=O) groups is 1. The number of halogens is 1. The van der Waals surface area contributed by atoms with E-state index in [2.05, 4.69) is 10.2 Å². The molecule has 0 radical (unpaired) electrons. The van der Waals surface area contributed by atoms with Crippen LogP contribution in [0.1, 0.15) is 28.8 Å². The van der Waals surface area contributed by atoms with Crippen molar-refractivity contribution >= 4 is 5.91 Å². The number of aromatic nitrogens is 3. The van der Waals surface area contributed by atoms with Gasteiger partial charge in [-0.25, -0.2) is 4.39 Å². The van der Waals surface area contributed by atoms with Gasteiger partial charge in [-0.05, 0) is 55.0 Å². The lowest BCUT2D eigenvalue weighted by atomic mass is 9.89. The number of hydrogen-bond donors (Lipinski definition) is 0. The predicted octanol–water partition coefficient (Wildman–Crippen LogP) is 3.50. The van der Waals surface area contributed by atoms with Crippen LogP contribution in [-0.4, -0.2) is 38.7 Å². The zero-order chi connectivity index (χ0) is 18.6. The fraction of sp³-hybridized carbons (Fsp3) is 0.286. The number of amides is 1. The highest BCUT2D eigenvalue weighted by Gasteiger charge is 2.24. The average molecular weight is 364 g/mol. The van der Waals surface area contributed by atoms with Crippen molar-refractivity contribution in [3.05, 3.63) is 78.1 Å². The van der Waals surface area contributed by atoms with Crippen molar-refractivity contribution in [1.29, 1.82) is 0 Å². The molecule has 0 N–H and O–H groups in total. The Bertz CT molecular complexity index is 917. The Morgan fingerprint density at radius 2 is 1.78 bits per heavy atom. The molecule has 1 aliphatic heterocycles. The molecule has 4 rings (SSSR count). The number of benzene rings is 2. The molecule has 0 saturated carbocycles. The van der Waals surface area contributed by atoms with Crippen molar-refractivity contribution in [2.24, 2.45) is 5.92 Å². The molecular formula is C21H21FN4O. The SMILES string of the molecule is O=C(c1cccc(-n2cnnc2)c1)N1CCC(Cc2ccccc2F)CC1. The smallest absolute Gasteiger partial charge is 0.253 e. The topological polar surface area (TPSA) is 51.0 Å². The van der Waals surface area contributed by atoms with Gasteiger partial charge in [0.15, 0.2) is 0 Å². The highest BCUT2D eigenvalue weighted by atomic mass is 19.1. The highest BCUT2D eigenvalue weighted by Crippen LogP contribution is 2.24. The van der Waals surface area contributed by atoms with Crippen LogP contribution < -0.4 is 0 Å². The van der Waals surface area contributed by atoms with Crippen LogP contribution in [-0.2, 0) is 6.42 Å². The van der Waals surface area contributed by atoms with Crippen LogP contribution in [0.2, 0.25) is 0 Å². The molecule has 1 aromatic heterocycles. The Morgan fingerprint density at radius 3 is 2.52 bits per heavy atom. The summed E-state index contributed by atoms with van der Waals surface area (Å²) in [6, 6.07) is 14.4. The molecular weight excluding hydrogens is 343 g/mol. The van der Waals surface area contributed by atoms with Crippen LogP contribution in [0.4, 0.5) is 4.39 Å². The molecule has 2 aromatic carbocycles. The van der Waals surface area contributed by atoms with Gasteiger partial charge in [-0.3, -0.25) is 9.36 Å². The third kappa shape index (κ3) is 3.89. The van der Waals surface area contributed by atoms with Crippen molar-refractivity contribution in [1.82, 2.24) is 19.7 Å². The van der Waals surface area contributed by atoms with E-state index in [1.807, 2.05) is 41.3 Å². The molecule has 0 spiro atoms.